The second kappa shape index (κ2) is 8.03. The Labute approximate surface area is 143 Å². The number of benzene rings is 1. The van der Waals surface area contributed by atoms with Gasteiger partial charge in [-0.05, 0) is 36.8 Å². The highest BCUT2D eigenvalue weighted by atomic mass is 35.5. The van der Waals surface area contributed by atoms with Gasteiger partial charge in [-0.1, -0.05) is 47.1 Å². The summed E-state index contributed by atoms with van der Waals surface area (Å²) >= 11 is 19.2. The van der Waals surface area contributed by atoms with Crippen LogP contribution in [-0.4, -0.2) is 20.5 Å². The minimum absolute atomic E-state index is 0.0998. The van der Waals surface area contributed by atoms with Crippen LogP contribution in [0.5, 0.6) is 0 Å². The molecular weight excluding hydrogens is 347 g/mol. The molecule has 21 heavy (non-hydrogen) atoms. The number of hydrogen-bond donors (Lipinski definition) is 0. The SMILES string of the molecule is CCOC(=S)SC(c1ccc(Cl)cc1)C(Cl)n1ccnc1. The van der Waals surface area contributed by atoms with Gasteiger partial charge in [0.15, 0.2) is 0 Å². The number of imidazole rings is 1. The molecule has 0 aliphatic carbocycles. The Bertz CT molecular complexity index is 575. The van der Waals surface area contributed by atoms with Crippen molar-refractivity contribution in [3.05, 3.63) is 53.6 Å². The third-order valence-corrected chi connectivity index (χ3v) is 5.12. The zero-order valence-corrected chi connectivity index (χ0v) is 14.4. The number of ether oxygens (including phenoxy) is 1. The van der Waals surface area contributed by atoms with E-state index in [2.05, 4.69) is 4.98 Å². The van der Waals surface area contributed by atoms with Crippen LogP contribution < -0.4 is 0 Å². The highest BCUT2D eigenvalue weighted by Crippen LogP contribution is 2.42. The molecule has 0 saturated carbocycles. The van der Waals surface area contributed by atoms with Crippen molar-refractivity contribution in [3.63, 3.8) is 0 Å². The smallest absolute Gasteiger partial charge is 0.220 e. The van der Waals surface area contributed by atoms with E-state index in [0.717, 1.165) is 5.56 Å². The molecule has 0 radical (unpaired) electrons. The van der Waals surface area contributed by atoms with Crippen LogP contribution in [-0.2, 0) is 4.74 Å². The zero-order valence-electron chi connectivity index (χ0n) is 11.3. The monoisotopic (exact) mass is 360 g/mol. The third kappa shape index (κ3) is 4.61. The van der Waals surface area contributed by atoms with Crippen molar-refractivity contribution in [2.45, 2.75) is 17.7 Å². The van der Waals surface area contributed by atoms with Crippen LogP contribution in [0.25, 0.3) is 0 Å². The lowest BCUT2D eigenvalue weighted by Gasteiger charge is -2.23. The van der Waals surface area contributed by atoms with Crippen molar-refractivity contribution < 1.29 is 4.74 Å². The van der Waals surface area contributed by atoms with Crippen LogP contribution in [0.1, 0.15) is 23.2 Å². The Balaban J connectivity index is 2.25. The van der Waals surface area contributed by atoms with E-state index in [9.17, 15) is 0 Å². The van der Waals surface area contributed by atoms with E-state index >= 15 is 0 Å². The fraction of sp³-hybridized carbons (Fsp3) is 0.286. The van der Waals surface area contributed by atoms with Crippen LogP contribution in [0, 0.1) is 0 Å². The molecule has 7 heteroatoms. The standard InChI is InChI=1S/C14H14Cl2N2OS2/c1-2-19-14(20)21-12(10-3-5-11(15)6-4-10)13(16)18-8-7-17-9-18/h3-9,12-13H,2H2,1H3. The summed E-state index contributed by atoms with van der Waals surface area (Å²) < 4.78 is 7.68. The van der Waals surface area contributed by atoms with Gasteiger partial charge in [0.05, 0.1) is 18.2 Å². The Morgan fingerprint density at radius 1 is 1.43 bits per heavy atom. The van der Waals surface area contributed by atoms with Gasteiger partial charge in [-0.15, -0.1) is 0 Å². The van der Waals surface area contributed by atoms with Crippen molar-refractivity contribution in [1.82, 2.24) is 9.55 Å². The van der Waals surface area contributed by atoms with E-state index in [1.807, 2.05) is 42.0 Å². The minimum atomic E-state index is -0.336. The van der Waals surface area contributed by atoms with E-state index in [-0.39, 0.29) is 10.8 Å². The molecule has 2 unspecified atom stereocenters. The van der Waals surface area contributed by atoms with Crippen LogP contribution >= 0.6 is 47.2 Å². The lowest BCUT2D eigenvalue weighted by Crippen LogP contribution is -2.12. The minimum Gasteiger partial charge on any atom is -0.479 e. The molecule has 1 aromatic carbocycles. The summed E-state index contributed by atoms with van der Waals surface area (Å²) in [5.41, 5.74) is 0.692. The van der Waals surface area contributed by atoms with Gasteiger partial charge < -0.3 is 9.30 Å². The Morgan fingerprint density at radius 2 is 2.14 bits per heavy atom. The summed E-state index contributed by atoms with van der Waals surface area (Å²) in [6.45, 7) is 2.44. The molecule has 2 rings (SSSR count). The maximum absolute atomic E-state index is 6.59. The van der Waals surface area contributed by atoms with Gasteiger partial charge in [0.1, 0.15) is 5.50 Å². The van der Waals surface area contributed by atoms with Gasteiger partial charge in [0.2, 0.25) is 4.38 Å². The number of alkyl halides is 1. The van der Waals surface area contributed by atoms with Gasteiger partial charge in [-0.25, -0.2) is 4.98 Å². The fourth-order valence-corrected chi connectivity index (χ4v) is 3.67. The average molecular weight is 361 g/mol. The second-order valence-electron chi connectivity index (χ2n) is 4.16. The fourth-order valence-electron chi connectivity index (χ4n) is 1.76. The molecule has 2 aromatic rings. The summed E-state index contributed by atoms with van der Waals surface area (Å²) in [5.74, 6) is 0. The number of hydrogen-bond acceptors (Lipinski definition) is 4. The molecule has 3 nitrogen and oxygen atoms in total. The van der Waals surface area contributed by atoms with Crippen LogP contribution in [0.3, 0.4) is 0 Å². The first kappa shape index (κ1) is 16.6. The summed E-state index contributed by atoms with van der Waals surface area (Å²) in [4.78, 5) is 4.03. The molecule has 1 heterocycles. The summed E-state index contributed by atoms with van der Waals surface area (Å²) in [6.07, 6.45) is 5.20. The Hall–Kier alpha value is -0.750. The number of aromatic nitrogens is 2. The van der Waals surface area contributed by atoms with E-state index in [0.29, 0.717) is 16.0 Å². The molecule has 0 N–H and O–H groups in total. The quantitative estimate of drug-likeness (QED) is 0.549. The molecule has 0 bridgehead atoms. The predicted octanol–water partition coefficient (Wildman–Crippen LogP) is 5.07. The average Bonchev–Trinajstić information content (AvgIpc) is 3.00. The number of nitrogens with zero attached hydrogens (tertiary/aromatic N) is 2. The number of rotatable bonds is 5. The lowest BCUT2D eigenvalue weighted by molar-refractivity contribution is 0.346. The second-order valence-corrected chi connectivity index (χ2v) is 6.78. The largest absolute Gasteiger partial charge is 0.479 e. The van der Waals surface area contributed by atoms with Gasteiger partial charge in [-0.2, -0.15) is 0 Å². The van der Waals surface area contributed by atoms with Crippen molar-refractivity contribution in [2.75, 3.05) is 6.61 Å². The highest BCUT2D eigenvalue weighted by Gasteiger charge is 2.25. The summed E-state index contributed by atoms with van der Waals surface area (Å²) in [7, 11) is 0. The molecule has 0 aliphatic rings. The molecule has 0 aliphatic heterocycles. The molecule has 0 amide bonds. The summed E-state index contributed by atoms with van der Waals surface area (Å²) in [5, 5.41) is 0.584. The molecule has 0 saturated heterocycles. The highest BCUT2D eigenvalue weighted by molar-refractivity contribution is 8.22. The molecule has 112 valence electrons. The van der Waals surface area contributed by atoms with Gasteiger partial charge in [0.25, 0.3) is 0 Å². The van der Waals surface area contributed by atoms with Gasteiger partial charge >= 0.3 is 0 Å². The van der Waals surface area contributed by atoms with E-state index in [4.69, 9.17) is 40.2 Å². The topological polar surface area (TPSA) is 27.1 Å². The van der Waals surface area contributed by atoms with Crippen LogP contribution in [0.2, 0.25) is 5.02 Å². The van der Waals surface area contributed by atoms with E-state index in [1.54, 1.807) is 12.5 Å². The number of halogens is 2. The van der Waals surface area contributed by atoms with E-state index in [1.165, 1.54) is 11.8 Å². The maximum Gasteiger partial charge on any atom is 0.220 e. The van der Waals surface area contributed by atoms with Crippen LogP contribution in [0.4, 0.5) is 0 Å². The van der Waals surface area contributed by atoms with Crippen molar-refractivity contribution in [2.24, 2.45) is 0 Å². The first-order valence-electron chi connectivity index (χ1n) is 6.32. The van der Waals surface area contributed by atoms with Crippen molar-refractivity contribution in [1.29, 1.82) is 0 Å². The van der Waals surface area contributed by atoms with Gasteiger partial charge in [-0.3, -0.25) is 0 Å². The molecule has 0 spiro atoms. The molecule has 0 fully saturated rings. The van der Waals surface area contributed by atoms with Crippen molar-refractivity contribution >= 4 is 51.6 Å². The Kier molecular flexibility index (Phi) is 6.36. The van der Waals surface area contributed by atoms with Crippen LogP contribution in [0.15, 0.2) is 43.0 Å². The molecular formula is C14H14Cl2N2OS2. The number of thiocarbonyl (C=S) groups is 1. The normalized spacial score (nSPS) is 13.7. The molecule has 1 aromatic heterocycles. The van der Waals surface area contributed by atoms with Gasteiger partial charge in [0, 0.05) is 17.4 Å². The first-order chi connectivity index (χ1) is 10.1. The Morgan fingerprint density at radius 3 is 2.71 bits per heavy atom. The summed E-state index contributed by atoms with van der Waals surface area (Å²) in [6, 6.07) is 7.57. The third-order valence-electron chi connectivity index (χ3n) is 2.74. The zero-order chi connectivity index (χ0) is 15.2. The number of thioether (sulfide) groups is 1. The molecule has 2 atom stereocenters. The van der Waals surface area contributed by atoms with Crippen molar-refractivity contribution in [3.8, 4) is 0 Å². The first-order valence-corrected chi connectivity index (χ1v) is 8.42. The predicted molar refractivity (Wildman–Crippen MR) is 93.1 cm³/mol. The van der Waals surface area contributed by atoms with E-state index < -0.39 is 0 Å². The lowest BCUT2D eigenvalue weighted by atomic mass is 10.1. The maximum atomic E-state index is 6.59.